The summed E-state index contributed by atoms with van der Waals surface area (Å²) in [4.78, 5) is 12.1. The molecule has 4 heteroatoms. The van der Waals surface area contributed by atoms with Crippen molar-refractivity contribution < 1.29 is 9.18 Å². The first kappa shape index (κ1) is 14.5. The van der Waals surface area contributed by atoms with Crippen molar-refractivity contribution in [2.24, 2.45) is 5.92 Å². The van der Waals surface area contributed by atoms with Crippen LogP contribution in [-0.4, -0.2) is 11.9 Å². The fourth-order valence-corrected chi connectivity index (χ4v) is 3.04. The summed E-state index contributed by atoms with van der Waals surface area (Å²) in [6.45, 7) is 2.02. The van der Waals surface area contributed by atoms with E-state index in [1.165, 1.54) is 31.4 Å². The van der Waals surface area contributed by atoms with Crippen LogP contribution in [0.1, 0.15) is 49.4 Å². The zero-order chi connectivity index (χ0) is 13.8. The second-order valence-corrected chi connectivity index (χ2v) is 6.20. The average molecular weight is 328 g/mol. The molecule has 1 aliphatic carbocycles. The van der Waals surface area contributed by atoms with Gasteiger partial charge in [-0.3, -0.25) is 4.79 Å². The topological polar surface area (TPSA) is 29.1 Å². The molecule has 0 aromatic heterocycles. The third kappa shape index (κ3) is 3.78. The Labute approximate surface area is 121 Å². The highest BCUT2D eigenvalue weighted by Crippen LogP contribution is 2.26. The molecule has 2 nitrogen and oxygen atoms in total. The van der Waals surface area contributed by atoms with E-state index in [0.717, 1.165) is 12.8 Å². The molecule has 0 radical (unpaired) electrons. The van der Waals surface area contributed by atoms with Crippen LogP contribution in [0.4, 0.5) is 4.39 Å². The number of hydrogen-bond acceptors (Lipinski definition) is 1. The molecular formula is C15H19BrFNO. The van der Waals surface area contributed by atoms with Crippen molar-refractivity contribution >= 4 is 21.8 Å². The van der Waals surface area contributed by atoms with Gasteiger partial charge in [-0.05, 0) is 43.9 Å². The summed E-state index contributed by atoms with van der Waals surface area (Å²) in [6.07, 6.45) is 6.07. The lowest BCUT2D eigenvalue weighted by atomic mass is 9.84. The second kappa shape index (κ2) is 6.51. The highest BCUT2D eigenvalue weighted by Gasteiger charge is 2.22. The van der Waals surface area contributed by atoms with E-state index < -0.39 is 5.82 Å². The summed E-state index contributed by atoms with van der Waals surface area (Å²) in [5, 5.41) is 2.93. The SMILES string of the molecule is CC(NC(=O)c1ccc(Br)cc1F)C1CCCCC1. The number of carbonyl (C=O) groups excluding carboxylic acids is 1. The van der Waals surface area contributed by atoms with Gasteiger partial charge in [0.25, 0.3) is 5.91 Å². The molecule has 1 N–H and O–H groups in total. The van der Waals surface area contributed by atoms with Crippen molar-refractivity contribution in [1.29, 1.82) is 0 Å². The van der Waals surface area contributed by atoms with E-state index in [0.29, 0.717) is 10.4 Å². The lowest BCUT2D eigenvalue weighted by Crippen LogP contribution is -2.39. The first-order valence-electron chi connectivity index (χ1n) is 6.84. The fourth-order valence-electron chi connectivity index (χ4n) is 2.71. The predicted molar refractivity (Wildman–Crippen MR) is 77.6 cm³/mol. The number of hydrogen-bond donors (Lipinski definition) is 1. The first-order chi connectivity index (χ1) is 9.08. The van der Waals surface area contributed by atoms with Crippen molar-refractivity contribution in [2.75, 3.05) is 0 Å². The van der Waals surface area contributed by atoms with Gasteiger partial charge >= 0.3 is 0 Å². The molecule has 1 aromatic rings. The second-order valence-electron chi connectivity index (χ2n) is 5.28. The van der Waals surface area contributed by atoms with Crippen molar-refractivity contribution in [3.8, 4) is 0 Å². The summed E-state index contributed by atoms with van der Waals surface area (Å²) >= 11 is 3.19. The minimum Gasteiger partial charge on any atom is -0.349 e. The summed E-state index contributed by atoms with van der Waals surface area (Å²) in [5.74, 6) is -0.276. The van der Waals surface area contributed by atoms with E-state index in [1.807, 2.05) is 6.92 Å². The van der Waals surface area contributed by atoms with Gasteiger partial charge in [0.05, 0.1) is 5.56 Å². The van der Waals surface area contributed by atoms with Crippen LogP contribution in [0.2, 0.25) is 0 Å². The molecule has 104 valence electrons. The Morgan fingerprint density at radius 3 is 2.68 bits per heavy atom. The van der Waals surface area contributed by atoms with E-state index >= 15 is 0 Å². The number of nitrogens with one attached hydrogen (secondary N) is 1. The van der Waals surface area contributed by atoms with E-state index in [1.54, 1.807) is 6.07 Å². The van der Waals surface area contributed by atoms with Gasteiger partial charge in [0.15, 0.2) is 0 Å². The zero-order valence-corrected chi connectivity index (χ0v) is 12.7. The number of carbonyl (C=O) groups is 1. The van der Waals surface area contributed by atoms with Gasteiger partial charge in [0, 0.05) is 10.5 Å². The van der Waals surface area contributed by atoms with Crippen LogP contribution in [0, 0.1) is 11.7 Å². The molecule has 0 saturated heterocycles. The largest absolute Gasteiger partial charge is 0.349 e. The molecule has 0 heterocycles. The molecule has 1 unspecified atom stereocenters. The van der Waals surface area contributed by atoms with Crippen LogP contribution < -0.4 is 5.32 Å². The van der Waals surface area contributed by atoms with Gasteiger partial charge in [0.2, 0.25) is 0 Å². The molecule has 1 saturated carbocycles. The van der Waals surface area contributed by atoms with Crippen molar-refractivity contribution in [3.05, 3.63) is 34.1 Å². The van der Waals surface area contributed by atoms with Gasteiger partial charge in [0.1, 0.15) is 5.82 Å². The average Bonchev–Trinajstić information content (AvgIpc) is 2.39. The minimum absolute atomic E-state index is 0.107. The van der Waals surface area contributed by atoms with E-state index in [2.05, 4.69) is 21.2 Å². The number of halogens is 2. The van der Waals surface area contributed by atoms with Crippen LogP contribution in [-0.2, 0) is 0 Å². The minimum atomic E-state index is -0.484. The van der Waals surface area contributed by atoms with Crippen molar-refractivity contribution in [2.45, 2.75) is 45.1 Å². The third-order valence-electron chi connectivity index (χ3n) is 3.89. The molecule has 2 rings (SSSR count). The Bertz CT molecular complexity index is 457. The van der Waals surface area contributed by atoms with Crippen LogP contribution >= 0.6 is 15.9 Å². The first-order valence-corrected chi connectivity index (χ1v) is 7.63. The molecule has 0 spiro atoms. The predicted octanol–water partition coefficient (Wildman–Crippen LogP) is 4.29. The Balaban J connectivity index is 1.99. The molecule has 1 aromatic carbocycles. The molecule has 1 aliphatic rings. The van der Waals surface area contributed by atoms with Crippen molar-refractivity contribution in [3.63, 3.8) is 0 Å². The highest BCUT2D eigenvalue weighted by molar-refractivity contribution is 9.10. The molecule has 1 fully saturated rings. The van der Waals surface area contributed by atoms with Gasteiger partial charge < -0.3 is 5.32 Å². The summed E-state index contributed by atoms with van der Waals surface area (Å²) in [5.41, 5.74) is 0.117. The monoisotopic (exact) mass is 327 g/mol. The fraction of sp³-hybridized carbons (Fsp3) is 0.533. The van der Waals surface area contributed by atoms with E-state index in [4.69, 9.17) is 0 Å². The Morgan fingerprint density at radius 2 is 2.05 bits per heavy atom. The van der Waals surface area contributed by atoms with E-state index in [9.17, 15) is 9.18 Å². The van der Waals surface area contributed by atoms with Gasteiger partial charge in [-0.1, -0.05) is 35.2 Å². The highest BCUT2D eigenvalue weighted by atomic mass is 79.9. The van der Waals surface area contributed by atoms with Gasteiger partial charge in [-0.25, -0.2) is 4.39 Å². The normalized spacial score (nSPS) is 18.1. The third-order valence-corrected chi connectivity index (χ3v) is 4.38. The van der Waals surface area contributed by atoms with Crippen LogP contribution in [0.5, 0.6) is 0 Å². The maximum absolute atomic E-state index is 13.7. The Hall–Kier alpha value is -0.900. The number of amides is 1. The number of rotatable bonds is 3. The smallest absolute Gasteiger partial charge is 0.254 e. The van der Waals surface area contributed by atoms with Gasteiger partial charge in [-0.2, -0.15) is 0 Å². The van der Waals surface area contributed by atoms with E-state index in [-0.39, 0.29) is 17.5 Å². The van der Waals surface area contributed by atoms with Crippen molar-refractivity contribution in [1.82, 2.24) is 5.32 Å². The Morgan fingerprint density at radius 1 is 1.37 bits per heavy atom. The molecule has 19 heavy (non-hydrogen) atoms. The molecule has 1 amide bonds. The zero-order valence-electron chi connectivity index (χ0n) is 11.1. The Kier molecular flexibility index (Phi) is 4.97. The van der Waals surface area contributed by atoms with Crippen LogP contribution in [0.15, 0.2) is 22.7 Å². The summed E-state index contributed by atoms with van der Waals surface area (Å²) in [7, 11) is 0. The summed E-state index contributed by atoms with van der Waals surface area (Å²) < 4.78 is 14.3. The summed E-state index contributed by atoms with van der Waals surface area (Å²) in [6, 6.07) is 4.63. The molecule has 0 aliphatic heterocycles. The number of benzene rings is 1. The lowest BCUT2D eigenvalue weighted by Gasteiger charge is -2.28. The molecular weight excluding hydrogens is 309 g/mol. The van der Waals surface area contributed by atoms with Crippen LogP contribution in [0.25, 0.3) is 0 Å². The quantitative estimate of drug-likeness (QED) is 0.881. The van der Waals surface area contributed by atoms with Gasteiger partial charge in [-0.15, -0.1) is 0 Å². The maximum atomic E-state index is 13.7. The lowest BCUT2D eigenvalue weighted by molar-refractivity contribution is 0.0915. The van der Waals surface area contributed by atoms with Crippen LogP contribution in [0.3, 0.4) is 0 Å². The molecule has 0 bridgehead atoms. The standard InChI is InChI=1S/C15H19BrFNO/c1-10(11-5-3-2-4-6-11)18-15(19)13-8-7-12(16)9-14(13)17/h7-11H,2-6H2,1H3,(H,18,19). The maximum Gasteiger partial charge on any atom is 0.254 e. The molecule has 1 atom stereocenters.